The largest absolute Gasteiger partial charge is 0.468 e. The number of rotatable bonds is 8. The molecule has 0 bridgehead atoms. The van der Waals surface area contributed by atoms with Crippen LogP contribution in [-0.4, -0.2) is 59.9 Å². The molecule has 32 heavy (non-hydrogen) atoms. The fourth-order valence-corrected chi connectivity index (χ4v) is 1.96. The van der Waals surface area contributed by atoms with Gasteiger partial charge in [-0.1, -0.05) is 0 Å². The highest BCUT2D eigenvalue weighted by Crippen LogP contribution is 2.17. The summed E-state index contributed by atoms with van der Waals surface area (Å²) in [5, 5.41) is 7.21. The lowest BCUT2D eigenvalue weighted by Gasteiger charge is -2.06. The monoisotopic (exact) mass is 449 g/mol. The van der Waals surface area contributed by atoms with Crippen molar-refractivity contribution in [1.82, 2.24) is 16.0 Å². The van der Waals surface area contributed by atoms with Crippen molar-refractivity contribution in [2.75, 3.05) is 41.8 Å². The normalized spacial score (nSPS) is 9.50. The molecule has 0 radical (unpaired) electrons. The molecule has 0 aromatic heterocycles. The molecule has 0 heterocycles. The first-order valence-electron chi connectivity index (χ1n) is 9.31. The van der Waals surface area contributed by atoms with Gasteiger partial charge < -0.3 is 39.6 Å². The van der Waals surface area contributed by atoms with Crippen molar-refractivity contribution in [3.8, 4) is 17.2 Å². The fraction of sp³-hybridized carbons (Fsp3) is 0.286. The Kier molecular flexibility index (Phi) is 12.3. The van der Waals surface area contributed by atoms with Gasteiger partial charge in [0.1, 0.15) is 24.0 Å². The number of amides is 3. The topological polar surface area (TPSA) is 133 Å². The third-order valence-corrected chi connectivity index (χ3v) is 3.49. The number of benzene rings is 2. The number of carbonyl (C=O) groups is 3. The first kappa shape index (κ1) is 26.2. The van der Waals surface area contributed by atoms with Crippen LogP contribution in [0.4, 0.5) is 9.59 Å². The number of hydrogen-bond donors (Lipinski definition) is 3. The zero-order valence-corrected chi connectivity index (χ0v) is 18.3. The van der Waals surface area contributed by atoms with Gasteiger partial charge in [0.15, 0.2) is 6.79 Å². The van der Waals surface area contributed by atoms with Gasteiger partial charge in [-0.15, -0.1) is 0 Å². The van der Waals surface area contributed by atoms with Gasteiger partial charge >= 0.3 is 12.2 Å². The quantitative estimate of drug-likeness (QED) is 0.522. The summed E-state index contributed by atoms with van der Waals surface area (Å²) in [6.07, 6.45) is -1.05. The molecule has 2 rings (SSSR count). The molecule has 2 aromatic rings. The minimum absolute atomic E-state index is 0.148. The lowest BCUT2D eigenvalue weighted by Crippen LogP contribution is -2.25. The summed E-state index contributed by atoms with van der Waals surface area (Å²) in [6.45, 7) is 0.338. The van der Waals surface area contributed by atoms with Gasteiger partial charge in [-0.2, -0.15) is 0 Å². The maximum atomic E-state index is 11.5. The van der Waals surface area contributed by atoms with E-state index in [0.717, 1.165) is 0 Å². The number of nitrogens with one attached hydrogen (secondary N) is 3. The standard InChI is InChI=1S/C11H14N2O4.C10H13NO4/c1-12-11(15)17-9-5-3-8(4-6-9)10(14)13-7-16-2;1-11-10(12)15-9-5-3-8(4-6-9)14-7-13-2/h3-6H,7H2,1-2H3,(H,12,15)(H,13,14);3-6H,7H2,1-2H3,(H,11,12). The van der Waals surface area contributed by atoms with E-state index >= 15 is 0 Å². The molecule has 0 saturated carbocycles. The minimum atomic E-state index is -0.554. The van der Waals surface area contributed by atoms with Crippen LogP contribution in [0.2, 0.25) is 0 Å². The first-order chi connectivity index (χ1) is 15.4. The molecule has 3 N–H and O–H groups in total. The first-order valence-corrected chi connectivity index (χ1v) is 9.31. The van der Waals surface area contributed by atoms with Gasteiger partial charge in [-0.3, -0.25) is 4.79 Å². The Bertz CT molecular complexity index is 841. The smallest absolute Gasteiger partial charge is 0.412 e. The maximum Gasteiger partial charge on any atom is 0.412 e. The fourth-order valence-electron chi connectivity index (χ4n) is 1.96. The molecule has 0 spiro atoms. The molecule has 0 aliphatic carbocycles. The summed E-state index contributed by atoms with van der Waals surface area (Å²) < 4.78 is 24.4. The third-order valence-electron chi connectivity index (χ3n) is 3.49. The Morgan fingerprint density at radius 2 is 1.19 bits per heavy atom. The van der Waals surface area contributed by atoms with E-state index in [-0.39, 0.29) is 19.4 Å². The second kappa shape index (κ2) is 15.0. The van der Waals surface area contributed by atoms with Crippen molar-refractivity contribution in [3.05, 3.63) is 54.1 Å². The van der Waals surface area contributed by atoms with Crippen molar-refractivity contribution in [2.45, 2.75) is 0 Å². The van der Waals surface area contributed by atoms with Crippen LogP contribution in [-0.2, 0) is 9.47 Å². The molecule has 11 heteroatoms. The van der Waals surface area contributed by atoms with Gasteiger partial charge in [0, 0.05) is 33.9 Å². The maximum absolute atomic E-state index is 11.5. The third kappa shape index (κ3) is 10.3. The Morgan fingerprint density at radius 3 is 1.62 bits per heavy atom. The van der Waals surface area contributed by atoms with Gasteiger partial charge in [0.05, 0.1) is 0 Å². The van der Waals surface area contributed by atoms with Crippen molar-refractivity contribution >= 4 is 18.1 Å². The lowest BCUT2D eigenvalue weighted by atomic mass is 10.2. The number of carbonyl (C=O) groups excluding carboxylic acids is 3. The summed E-state index contributed by atoms with van der Waals surface area (Å²) in [7, 11) is 6.00. The number of ether oxygens (including phenoxy) is 5. The van der Waals surface area contributed by atoms with E-state index in [4.69, 9.17) is 23.7 Å². The van der Waals surface area contributed by atoms with Crippen LogP contribution in [0.3, 0.4) is 0 Å². The van der Waals surface area contributed by atoms with Crippen molar-refractivity contribution in [1.29, 1.82) is 0 Å². The molecular weight excluding hydrogens is 422 g/mol. The Labute approximate surface area is 185 Å². The van der Waals surface area contributed by atoms with Gasteiger partial charge in [-0.25, -0.2) is 9.59 Å². The van der Waals surface area contributed by atoms with Crippen LogP contribution < -0.4 is 30.2 Å². The van der Waals surface area contributed by atoms with E-state index in [0.29, 0.717) is 22.8 Å². The van der Waals surface area contributed by atoms with E-state index in [2.05, 4.69) is 16.0 Å². The predicted molar refractivity (Wildman–Crippen MR) is 115 cm³/mol. The number of methoxy groups -OCH3 is 2. The zero-order chi connectivity index (χ0) is 23.8. The molecule has 0 saturated heterocycles. The molecular formula is C21H27N3O8. The van der Waals surface area contributed by atoms with E-state index in [1.807, 2.05) is 0 Å². The summed E-state index contributed by atoms with van der Waals surface area (Å²) in [6, 6.07) is 12.9. The molecule has 2 aromatic carbocycles. The summed E-state index contributed by atoms with van der Waals surface area (Å²) >= 11 is 0. The van der Waals surface area contributed by atoms with Crippen LogP contribution in [0.1, 0.15) is 10.4 Å². The van der Waals surface area contributed by atoms with E-state index in [1.54, 1.807) is 43.5 Å². The van der Waals surface area contributed by atoms with Gasteiger partial charge in [-0.05, 0) is 48.5 Å². The second-order valence-electron chi connectivity index (χ2n) is 5.76. The molecule has 0 aliphatic rings. The summed E-state index contributed by atoms with van der Waals surface area (Å²) in [5.41, 5.74) is 0.464. The molecule has 0 fully saturated rings. The molecule has 11 nitrogen and oxygen atoms in total. The van der Waals surface area contributed by atoms with Gasteiger partial charge in [0.2, 0.25) is 0 Å². The van der Waals surface area contributed by atoms with Crippen LogP contribution in [0.15, 0.2) is 48.5 Å². The highest BCUT2D eigenvalue weighted by atomic mass is 16.7. The molecule has 0 aliphatic heterocycles. The van der Waals surface area contributed by atoms with Crippen LogP contribution >= 0.6 is 0 Å². The van der Waals surface area contributed by atoms with Crippen LogP contribution in [0.25, 0.3) is 0 Å². The SMILES string of the molecule is CNC(=O)Oc1ccc(C(=O)NCOC)cc1.CNC(=O)Oc1ccc(OCOC)cc1. The second-order valence-corrected chi connectivity index (χ2v) is 5.76. The van der Waals surface area contributed by atoms with Crippen LogP contribution in [0, 0.1) is 0 Å². The average Bonchev–Trinajstić information content (AvgIpc) is 2.82. The van der Waals surface area contributed by atoms with Crippen molar-refractivity contribution in [3.63, 3.8) is 0 Å². The highest BCUT2D eigenvalue weighted by Gasteiger charge is 2.06. The lowest BCUT2D eigenvalue weighted by molar-refractivity contribution is 0.0511. The number of hydrogen-bond acceptors (Lipinski definition) is 8. The predicted octanol–water partition coefficient (Wildman–Crippen LogP) is 2.13. The molecule has 174 valence electrons. The Hall–Kier alpha value is -3.83. The van der Waals surface area contributed by atoms with E-state index in [9.17, 15) is 14.4 Å². The average molecular weight is 449 g/mol. The van der Waals surface area contributed by atoms with Crippen molar-refractivity contribution in [2.24, 2.45) is 0 Å². The van der Waals surface area contributed by atoms with E-state index in [1.165, 1.54) is 33.3 Å². The molecule has 0 unspecified atom stereocenters. The molecule has 3 amide bonds. The highest BCUT2D eigenvalue weighted by molar-refractivity contribution is 5.94. The minimum Gasteiger partial charge on any atom is -0.468 e. The van der Waals surface area contributed by atoms with E-state index < -0.39 is 12.2 Å². The van der Waals surface area contributed by atoms with Crippen LogP contribution in [0.5, 0.6) is 17.2 Å². The Morgan fingerprint density at radius 1 is 0.719 bits per heavy atom. The zero-order valence-electron chi connectivity index (χ0n) is 18.3. The van der Waals surface area contributed by atoms with Gasteiger partial charge in [0.25, 0.3) is 5.91 Å². The van der Waals surface area contributed by atoms with Crippen molar-refractivity contribution < 1.29 is 38.1 Å². The molecule has 0 atom stereocenters. The summed E-state index contributed by atoms with van der Waals surface area (Å²) in [5.74, 6) is 1.23. The Balaban J connectivity index is 0.000000323. The summed E-state index contributed by atoms with van der Waals surface area (Å²) in [4.78, 5) is 33.2.